The minimum Gasteiger partial charge on any atom is -0.497 e. The summed E-state index contributed by atoms with van der Waals surface area (Å²) >= 11 is 0. The summed E-state index contributed by atoms with van der Waals surface area (Å²) in [6.45, 7) is 4.60. The molecule has 1 aliphatic heterocycles. The molecule has 1 amide bonds. The molecule has 3 aromatic carbocycles. The zero-order chi connectivity index (χ0) is 39.2. The number of carbonyl (C=O) groups is 1. The molecule has 3 heterocycles. The molecule has 288 valence electrons. The summed E-state index contributed by atoms with van der Waals surface area (Å²) < 4.78 is 54.9. The number of H-pyrrole nitrogens is 1. The summed E-state index contributed by atoms with van der Waals surface area (Å²) in [7, 11) is 2.54. The highest BCUT2D eigenvalue weighted by Gasteiger charge is 2.58. The Kier molecular flexibility index (Phi) is 12.2. The Hall–Kier alpha value is -5.23. The molecule has 0 saturated carbocycles. The van der Waals surface area contributed by atoms with E-state index in [0.29, 0.717) is 11.5 Å². The number of alkyl halides is 1. The van der Waals surface area contributed by atoms with E-state index in [9.17, 15) is 9.59 Å². The van der Waals surface area contributed by atoms with Gasteiger partial charge >= 0.3 is 0 Å². The molecule has 6 rings (SSSR count). The predicted octanol–water partition coefficient (Wildman–Crippen LogP) is 6.19. The van der Waals surface area contributed by atoms with Crippen LogP contribution in [0.25, 0.3) is 11.2 Å². The molecule has 0 bridgehead atoms. The molecule has 1 saturated heterocycles. The van der Waals surface area contributed by atoms with Gasteiger partial charge in [-0.3, -0.25) is 24.5 Å². The second-order valence-electron chi connectivity index (χ2n) is 13.3. The quantitative estimate of drug-likeness (QED) is 0.0666. The zero-order valence-electron chi connectivity index (χ0n) is 30.9. The Labute approximate surface area is 318 Å². The second-order valence-corrected chi connectivity index (χ2v) is 13.9. The zero-order valence-corrected chi connectivity index (χ0v) is 31.9. The number of methoxy groups -OCH3 is 2. The number of aromatic amines is 1. The van der Waals surface area contributed by atoms with Gasteiger partial charge in [0.25, 0.3) is 5.56 Å². The lowest BCUT2D eigenvalue weighted by molar-refractivity contribution is -0.118. The molecule has 1 aliphatic rings. The molecule has 0 spiro atoms. The van der Waals surface area contributed by atoms with Gasteiger partial charge in [-0.25, -0.2) is 9.37 Å². The maximum atomic E-state index is 17.5. The van der Waals surface area contributed by atoms with Crippen LogP contribution in [0.1, 0.15) is 50.1 Å². The number of hydrogen-bond acceptors (Lipinski definition) is 11. The fourth-order valence-electron chi connectivity index (χ4n) is 6.45. The number of imidazole rings is 1. The van der Waals surface area contributed by atoms with Crippen LogP contribution in [0.5, 0.6) is 11.5 Å². The van der Waals surface area contributed by atoms with Crippen LogP contribution in [0.4, 0.5) is 10.3 Å². The number of ether oxygens (including phenoxy) is 4. The molecule has 0 aliphatic carbocycles. The van der Waals surface area contributed by atoms with Crippen molar-refractivity contribution in [1.82, 2.24) is 19.5 Å². The van der Waals surface area contributed by atoms with E-state index in [1.54, 1.807) is 28.1 Å². The smallest absolute Gasteiger partial charge is 0.280 e. The average Bonchev–Trinajstić information content (AvgIpc) is 3.72. The molecular formula is C39H42FN6O8P. The van der Waals surface area contributed by atoms with Gasteiger partial charge in [-0.1, -0.05) is 68.4 Å². The van der Waals surface area contributed by atoms with Crippen molar-refractivity contribution in [3.05, 3.63) is 112 Å². The maximum absolute atomic E-state index is 17.5. The Morgan fingerprint density at radius 3 is 2.25 bits per heavy atom. The molecular weight excluding hydrogens is 730 g/mol. The molecule has 2 N–H and O–H groups in total. The van der Waals surface area contributed by atoms with Gasteiger partial charge in [-0.2, -0.15) is 10.2 Å². The third-order valence-corrected chi connectivity index (χ3v) is 9.99. The van der Waals surface area contributed by atoms with E-state index in [-0.39, 0.29) is 42.7 Å². The predicted molar refractivity (Wildman–Crippen MR) is 203 cm³/mol. The van der Waals surface area contributed by atoms with Gasteiger partial charge in [0.1, 0.15) is 29.3 Å². The summed E-state index contributed by atoms with van der Waals surface area (Å²) in [5, 5.41) is 11.6. The van der Waals surface area contributed by atoms with Crippen molar-refractivity contribution < 1.29 is 37.2 Å². The second kappa shape index (κ2) is 17.1. The number of nitriles is 1. The van der Waals surface area contributed by atoms with E-state index in [1.807, 2.05) is 84.9 Å². The summed E-state index contributed by atoms with van der Waals surface area (Å²) in [5.41, 5.74) is -1.99. The first-order valence-corrected chi connectivity index (χ1v) is 18.3. The molecule has 1 fully saturated rings. The van der Waals surface area contributed by atoms with E-state index in [2.05, 4.69) is 20.3 Å². The van der Waals surface area contributed by atoms with Crippen LogP contribution < -0.4 is 20.3 Å². The Morgan fingerprint density at radius 1 is 1.05 bits per heavy atom. The van der Waals surface area contributed by atoms with Gasteiger partial charge in [0, 0.05) is 5.92 Å². The maximum Gasteiger partial charge on any atom is 0.280 e. The fraction of sp³-hybridized carbons (Fsp3) is 0.359. The van der Waals surface area contributed by atoms with Crippen molar-refractivity contribution in [3.8, 4) is 17.6 Å². The van der Waals surface area contributed by atoms with Gasteiger partial charge in [0.05, 0.1) is 46.3 Å². The van der Waals surface area contributed by atoms with Crippen molar-refractivity contribution in [2.75, 3.05) is 32.8 Å². The van der Waals surface area contributed by atoms with Crippen molar-refractivity contribution >= 4 is 32.1 Å². The number of carbonyl (C=O) groups excluding carboxylic acids is 1. The first-order chi connectivity index (χ1) is 26.5. The Bertz CT molecular complexity index is 2130. The van der Waals surface area contributed by atoms with Gasteiger partial charge in [-0.15, -0.1) is 0 Å². The Morgan fingerprint density at radius 2 is 1.67 bits per heavy atom. The average molecular weight is 773 g/mol. The van der Waals surface area contributed by atoms with Crippen molar-refractivity contribution in [1.29, 1.82) is 5.26 Å². The fourth-order valence-corrected chi connectivity index (χ4v) is 7.19. The highest BCUT2D eigenvalue weighted by atomic mass is 31.1. The number of benzene rings is 3. The van der Waals surface area contributed by atoms with Crippen LogP contribution in [-0.4, -0.2) is 70.7 Å². The van der Waals surface area contributed by atoms with Crippen LogP contribution in [0.2, 0.25) is 0 Å². The monoisotopic (exact) mass is 772 g/mol. The van der Waals surface area contributed by atoms with Crippen molar-refractivity contribution in [2.45, 2.75) is 56.9 Å². The third kappa shape index (κ3) is 8.10. The van der Waals surface area contributed by atoms with Gasteiger partial charge in [0.2, 0.25) is 11.9 Å². The molecule has 5 atom stereocenters. The van der Waals surface area contributed by atoms with Crippen LogP contribution in [0, 0.1) is 17.2 Å². The molecule has 16 heteroatoms. The number of fused-ring (bicyclic) bond motifs is 1. The summed E-state index contributed by atoms with van der Waals surface area (Å²) in [4.78, 5) is 36.7. The molecule has 14 nitrogen and oxygen atoms in total. The van der Waals surface area contributed by atoms with E-state index < -0.39 is 50.2 Å². The third-order valence-electron chi connectivity index (χ3n) is 9.32. The lowest BCUT2D eigenvalue weighted by atomic mass is 9.80. The molecule has 1 unspecified atom stereocenters. The van der Waals surface area contributed by atoms with Crippen LogP contribution in [-0.2, 0) is 28.9 Å². The molecule has 2 aromatic heterocycles. The SMILES string of the molecule is COc1ccc(C(OC[C@H]2O[C@@H](n3cnc4c(=O)[nH]c(NC(=O)C(C)C)nc43)[C@](C)(F)[C@@H]2OPOCCC#N)(c2ccccc2)c2ccc(OC)cc2)cc1. The summed E-state index contributed by atoms with van der Waals surface area (Å²) in [5.74, 6) is 0.400. The van der Waals surface area contributed by atoms with Gasteiger partial charge in [0.15, 0.2) is 32.1 Å². The molecule has 0 radical (unpaired) electrons. The largest absolute Gasteiger partial charge is 0.497 e. The van der Waals surface area contributed by atoms with Crippen molar-refractivity contribution in [3.63, 3.8) is 0 Å². The van der Waals surface area contributed by atoms with Crippen LogP contribution in [0.15, 0.2) is 90.0 Å². The number of amides is 1. The highest BCUT2D eigenvalue weighted by molar-refractivity contribution is 7.26. The number of nitrogens with zero attached hydrogens (tertiary/aromatic N) is 4. The van der Waals surface area contributed by atoms with Crippen LogP contribution >= 0.6 is 9.03 Å². The minimum absolute atomic E-state index is 0.0141. The number of halogens is 1. The summed E-state index contributed by atoms with van der Waals surface area (Å²) in [6.07, 6.45) is -2.38. The topological polar surface area (TPSA) is 172 Å². The lowest BCUT2D eigenvalue weighted by Gasteiger charge is -2.37. The number of anilines is 1. The van der Waals surface area contributed by atoms with Crippen LogP contribution in [0.3, 0.4) is 0 Å². The van der Waals surface area contributed by atoms with E-state index in [4.69, 9.17) is 33.3 Å². The first-order valence-electron chi connectivity index (χ1n) is 17.5. The van der Waals surface area contributed by atoms with Gasteiger partial charge < -0.3 is 28.0 Å². The number of hydrogen-bond donors (Lipinski definition) is 2. The number of aromatic nitrogens is 4. The Balaban J connectivity index is 1.42. The standard InChI is InChI=1S/C39H42FN6O8P/c1-24(2)34(47)44-37-43-33-31(35(48)45-37)42-23-46(33)36-38(3,40)32(54-55-52-21-9-20-41)30(53-36)22-51-39(25-10-7-6-8-11-25,26-12-16-28(49-4)17-13-26)27-14-18-29(50-5)19-15-27/h6-8,10-19,23-24,30,32,36,55H,9,21-22H2,1-5H3,(H2,43,44,45,47,48)/t30-,32-,36-,38-/m1/s1. The highest BCUT2D eigenvalue weighted by Crippen LogP contribution is 2.48. The van der Waals surface area contributed by atoms with E-state index in [1.165, 1.54) is 17.8 Å². The number of nitrogens with one attached hydrogen (secondary N) is 2. The van der Waals surface area contributed by atoms with Crippen molar-refractivity contribution in [2.24, 2.45) is 5.92 Å². The molecule has 55 heavy (non-hydrogen) atoms. The van der Waals surface area contributed by atoms with E-state index >= 15 is 4.39 Å². The summed E-state index contributed by atoms with van der Waals surface area (Å²) in [6, 6.07) is 26.6. The molecule has 5 aromatic rings. The minimum atomic E-state index is -2.28. The first kappa shape index (κ1) is 39.5. The number of rotatable bonds is 16. The normalized spacial score (nSPS) is 19.9. The lowest BCUT2D eigenvalue weighted by Crippen LogP contribution is -2.43. The van der Waals surface area contributed by atoms with Gasteiger partial charge in [-0.05, 0) is 47.9 Å². The van der Waals surface area contributed by atoms with E-state index in [0.717, 1.165) is 16.7 Å².